The summed E-state index contributed by atoms with van der Waals surface area (Å²) in [4.78, 5) is 33.0. The van der Waals surface area contributed by atoms with Crippen molar-refractivity contribution in [3.8, 4) is 11.3 Å². The predicted molar refractivity (Wildman–Crippen MR) is 129 cm³/mol. The van der Waals surface area contributed by atoms with Gasteiger partial charge in [-0.15, -0.1) is 11.3 Å². The molecule has 2 amide bonds. The first-order valence-electron chi connectivity index (χ1n) is 10.8. The van der Waals surface area contributed by atoms with Crippen molar-refractivity contribution in [3.63, 3.8) is 0 Å². The van der Waals surface area contributed by atoms with Gasteiger partial charge in [0.2, 0.25) is 0 Å². The van der Waals surface area contributed by atoms with Crippen LogP contribution >= 0.6 is 11.3 Å². The molecular formula is C25H24N4O3S. The second-order valence-electron chi connectivity index (χ2n) is 8.22. The molecule has 8 heteroatoms. The second-order valence-corrected chi connectivity index (χ2v) is 9.05. The molecule has 2 aromatic heterocycles. The van der Waals surface area contributed by atoms with Crippen molar-refractivity contribution in [1.29, 1.82) is 0 Å². The third kappa shape index (κ3) is 4.40. The largest absolute Gasteiger partial charge is 0.378 e. The predicted octanol–water partition coefficient (Wildman–Crippen LogP) is 4.40. The lowest BCUT2D eigenvalue weighted by atomic mass is 10.1. The molecule has 0 unspecified atom stereocenters. The molecule has 0 saturated carbocycles. The standard InChI is InChI=1S/C25H24N4O3S/c1-16-10-17(2)12-19(11-16)23(30)26-20-5-3-4-18(13-20)21-14-29-22(15-33-25(29)27-21)24(31)28-6-8-32-9-7-28/h3-5,10-15H,6-9H2,1-2H3,(H,26,30). The van der Waals surface area contributed by atoms with Gasteiger partial charge in [0, 0.05) is 41.5 Å². The highest BCUT2D eigenvalue weighted by Crippen LogP contribution is 2.26. The summed E-state index contributed by atoms with van der Waals surface area (Å²) in [5.74, 6) is -0.161. The van der Waals surface area contributed by atoms with Crippen molar-refractivity contribution in [1.82, 2.24) is 14.3 Å². The van der Waals surface area contributed by atoms with Crippen molar-refractivity contribution < 1.29 is 14.3 Å². The summed E-state index contributed by atoms with van der Waals surface area (Å²) in [7, 11) is 0. The van der Waals surface area contributed by atoms with E-state index < -0.39 is 0 Å². The lowest BCUT2D eigenvalue weighted by Gasteiger charge is -2.26. The molecule has 0 spiro atoms. The Morgan fingerprint density at radius 2 is 1.82 bits per heavy atom. The van der Waals surface area contributed by atoms with E-state index in [9.17, 15) is 9.59 Å². The van der Waals surface area contributed by atoms with Crippen LogP contribution in [0.5, 0.6) is 0 Å². The number of fused-ring (bicyclic) bond motifs is 1. The summed E-state index contributed by atoms with van der Waals surface area (Å²) in [5.41, 5.74) is 5.65. The number of amides is 2. The first kappa shape index (κ1) is 21.4. The Bertz CT molecular complexity index is 1330. The zero-order valence-electron chi connectivity index (χ0n) is 18.5. The van der Waals surface area contributed by atoms with E-state index in [1.807, 2.05) is 77.2 Å². The molecule has 168 valence electrons. The van der Waals surface area contributed by atoms with Gasteiger partial charge in [-0.1, -0.05) is 29.3 Å². The number of nitrogens with zero attached hydrogens (tertiary/aromatic N) is 3. The number of thiazole rings is 1. The van der Waals surface area contributed by atoms with Crippen LogP contribution in [0.2, 0.25) is 0 Å². The van der Waals surface area contributed by atoms with E-state index in [2.05, 4.69) is 5.32 Å². The van der Waals surface area contributed by atoms with E-state index in [-0.39, 0.29) is 11.8 Å². The van der Waals surface area contributed by atoms with Gasteiger partial charge < -0.3 is 15.0 Å². The van der Waals surface area contributed by atoms with E-state index in [4.69, 9.17) is 9.72 Å². The lowest BCUT2D eigenvalue weighted by molar-refractivity contribution is 0.0298. The molecule has 0 aliphatic carbocycles. The first-order chi connectivity index (χ1) is 16.0. The van der Waals surface area contributed by atoms with E-state index in [0.717, 1.165) is 27.3 Å². The monoisotopic (exact) mass is 460 g/mol. The highest BCUT2D eigenvalue weighted by Gasteiger charge is 2.22. The fourth-order valence-corrected chi connectivity index (χ4v) is 4.92. The van der Waals surface area contributed by atoms with Gasteiger partial charge in [0.05, 0.1) is 18.9 Å². The van der Waals surface area contributed by atoms with Crippen LogP contribution in [0.3, 0.4) is 0 Å². The molecular weight excluding hydrogens is 436 g/mol. The minimum absolute atomic E-state index is 0.0111. The Labute approximate surface area is 195 Å². The number of morpholine rings is 1. The lowest BCUT2D eigenvalue weighted by Crippen LogP contribution is -2.41. The number of aromatic nitrogens is 2. The maximum atomic E-state index is 13.0. The minimum atomic E-state index is -0.150. The summed E-state index contributed by atoms with van der Waals surface area (Å²) < 4.78 is 7.20. The van der Waals surface area contributed by atoms with Crippen molar-refractivity contribution >= 4 is 33.8 Å². The van der Waals surface area contributed by atoms with Crippen LogP contribution < -0.4 is 5.32 Å². The topological polar surface area (TPSA) is 75.9 Å². The molecule has 5 rings (SSSR count). The summed E-state index contributed by atoms with van der Waals surface area (Å²) >= 11 is 1.44. The van der Waals surface area contributed by atoms with Crippen LogP contribution in [-0.4, -0.2) is 52.4 Å². The molecule has 0 atom stereocenters. The summed E-state index contributed by atoms with van der Waals surface area (Å²) in [6.07, 6.45) is 1.88. The van der Waals surface area contributed by atoms with Crippen LogP contribution in [0.25, 0.3) is 16.2 Å². The van der Waals surface area contributed by atoms with E-state index >= 15 is 0 Å². The smallest absolute Gasteiger partial charge is 0.271 e. The molecule has 33 heavy (non-hydrogen) atoms. The van der Waals surface area contributed by atoms with Gasteiger partial charge >= 0.3 is 0 Å². The molecule has 1 saturated heterocycles. The van der Waals surface area contributed by atoms with Gasteiger partial charge in [0.1, 0.15) is 5.69 Å². The van der Waals surface area contributed by atoms with Crippen LogP contribution in [0.4, 0.5) is 5.69 Å². The van der Waals surface area contributed by atoms with Gasteiger partial charge in [0.25, 0.3) is 11.8 Å². The number of aryl methyl sites for hydroxylation is 2. The Morgan fingerprint density at radius 3 is 2.58 bits per heavy atom. The quantitative estimate of drug-likeness (QED) is 0.490. The van der Waals surface area contributed by atoms with Crippen LogP contribution in [0, 0.1) is 13.8 Å². The Balaban J connectivity index is 1.39. The normalized spacial score (nSPS) is 13.9. The van der Waals surface area contributed by atoms with Crippen molar-refractivity contribution in [2.24, 2.45) is 0 Å². The van der Waals surface area contributed by atoms with Crippen LogP contribution in [-0.2, 0) is 4.74 Å². The third-order valence-electron chi connectivity index (χ3n) is 5.63. The maximum absolute atomic E-state index is 13.0. The van der Waals surface area contributed by atoms with Crippen LogP contribution in [0.15, 0.2) is 54.0 Å². The highest BCUT2D eigenvalue weighted by atomic mass is 32.1. The Kier molecular flexibility index (Phi) is 5.70. The van der Waals surface area contributed by atoms with E-state index in [0.29, 0.717) is 43.2 Å². The van der Waals surface area contributed by atoms with Gasteiger partial charge in [-0.05, 0) is 38.1 Å². The highest BCUT2D eigenvalue weighted by molar-refractivity contribution is 7.15. The fourth-order valence-electron chi connectivity index (χ4n) is 4.07. The summed E-state index contributed by atoms with van der Waals surface area (Å²) in [6, 6.07) is 13.4. The number of carbonyl (C=O) groups excluding carboxylic acids is 2. The van der Waals surface area contributed by atoms with Crippen molar-refractivity contribution in [2.45, 2.75) is 13.8 Å². The van der Waals surface area contributed by atoms with Gasteiger partial charge in [-0.3, -0.25) is 14.0 Å². The zero-order valence-corrected chi connectivity index (χ0v) is 19.3. The fraction of sp³-hybridized carbons (Fsp3) is 0.240. The van der Waals surface area contributed by atoms with E-state index in [1.165, 1.54) is 11.3 Å². The molecule has 0 bridgehead atoms. The van der Waals surface area contributed by atoms with Gasteiger partial charge in [-0.25, -0.2) is 4.98 Å². The average molecular weight is 461 g/mol. The summed E-state index contributed by atoms with van der Waals surface area (Å²) in [5, 5.41) is 4.83. The van der Waals surface area contributed by atoms with Crippen LogP contribution in [0.1, 0.15) is 32.0 Å². The van der Waals surface area contributed by atoms with Gasteiger partial charge in [-0.2, -0.15) is 0 Å². The number of ether oxygens (including phenoxy) is 1. The molecule has 3 heterocycles. The summed E-state index contributed by atoms with van der Waals surface area (Å²) in [6.45, 7) is 6.28. The maximum Gasteiger partial charge on any atom is 0.271 e. The number of hydrogen-bond donors (Lipinski definition) is 1. The molecule has 0 radical (unpaired) electrons. The number of imidazole rings is 1. The van der Waals surface area contributed by atoms with Gasteiger partial charge in [0.15, 0.2) is 4.96 Å². The molecule has 2 aromatic carbocycles. The van der Waals surface area contributed by atoms with Crippen molar-refractivity contribution in [3.05, 3.63) is 76.4 Å². The zero-order chi connectivity index (χ0) is 22.9. The molecule has 1 N–H and O–H groups in total. The first-order valence-corrected chi connectivity index (χ1v) is 11.7. The Morgan fingerprint density at radius 1 is 1.06 bits per heavy atom. The molecule has 1 aliphatic rings. The number of rotatable bonds is 4. The van der Waals surface area contributed by atoms with E-state index in [1.54, 1.807) is 0 Å². The Hall–Kier alpha value is -3.49. The molecule has 4 aromatic rings. The molecule has 1 aliphatic heterocycles. The minimum Gasteiger partial charge on any atom is -0.378 e. The second kappa shape index (κ2) is 8.80. The third-order valence-corrected chi connectivity index (χ3v) is 6.47. The number of carbonyl (C=O) groups is 2. The number of hydrogen-bond acceptors (Lipinski definition) is 5. The molecule has 7 nitrogen and oxygen atoms in total. The average Bonchev–Trinajstić information content (AvgIpc) is 3.40. The SMILES string of the molecule is Cc1cc(C)cc(C(=O)Nc2cccc(-c3cn4c(C(=O)N5CCOCC5)csc4n3)c2)c1. The molecule has 1 fully saturated rings. The number of benzene rings is 2. The van der Waals surface area contributed by atoms with Crippen molar-refractivity contribution in [2.75, 3.05) is 31.6 Å². The number of anilines is 1. The number of nitrogens with one attached hydrogen (secondary N) is 1.